The van der Waals surface area contributed by atoms with Crippen molar-refractivity contribution in [3.05, 3.63) is 18.0 Å². The third kappa shape index (κ3) is 3.85. The first kappa shape index (κ1) is 16.5. The largest absolute Gasteiger partial charge is 0.377 e. The Morgan fingerprint density at radius 1 is 1.48 bits per heavy atom. The summed E-state index contributed by atoms with van der Waals surface area (Å²) in [7, 11) is 1.87. The SMILES string of the molecule is CNCc1cc(S(=O)(=O)N(C)CC2CCCCO2)cn1C. The maximum atomic E-state index is 12.6. The average Bonchev–Trinajstić information content (AvgIpc) is 2.82. The Bertz CT molecular complexity index is 562. The van der Waals surface area contributed by atoms with E-state index < -0.39 is 10.0 Å². The number of sulfonamides is 1. The Labute approximate surface area is 127 Å². The zero-order valence-corrected chi connectivity index (χ0v) is 13.8. The van der Waals surface area contributed by atoms with Gasteiger partial charge in [-0.25, -0.2) is 8.42 Å². The Morgan fingerprint density at radius 2 is 2.24 bits per heavy atom. The van der Waals surface area contributed by atoms with Crippen LogP contribution >= 0.6 is 0 Å². The molecule has 6 nitrogen and oxygen atoms in total. The summed E-state index contributed by atoms with van der Waals surface area (Å²) in [6.07, 6.45) is 4.79. The summed E-state index contributed by atoms with van der Waals surface area (Å²) in [5.74, 6) is 0. The van der Waals surface area contributed by atoms with Crippen molar-refractivity contribution in [3.63, 3.8) is 0 Å². The fourth-order valence-corrected chi connectivity index (χ4v) is 3.89. The van der Waals surface area contributed by atoms with Crippen molar-refractivity contribution in [1.82, 2.24) is 14.2 Å². The Hall–Kier alpha value is -0.890. The second kappa shape index (κ2) is 6.91. The van der Waals surface area contributed by atoms with E-state index in [2.05, 4.69) is 5.32 Å². The van der Waals surface area contributed by atoms with Crippen LogP contribution in [0.3, 0.4) is 0 Å². The van der Waals surface area contributed by atoms with Gasteiger partial charge in [-0.2, -0.15) is 4.31 Å². The lowest BCUT2D eigenvalue weighted by atomic mass is 10.1. The monoisotopic (exact) mass is 315 g/mol. The van der Waals surface area contributed by atoms with Crippen LogP contribution in [0.1, 0.15) is 25.0 Å². The lowest BCUT2D eigenvalue weighted by molar-refractivity contribution is 0.00858. The highest BCUT2D eigenvalue weighted by atomic mass is 32.2. The highest BCUT2D eigenvalue weighted by molar-refractivity contribution is 7.89. The number of hydrogen-bond donors (Lipinski definition) is 1. The molecule has 1 aliphatic rings. The number of aromatic nitrogens is 1. The zero-order valence-electron chi connectivity index (χ0n) is 13.0. The smallest absolute Gasteiger partial charge is 0.244 e. The van der Waals surface area contributed by atoms with E-state index in [1.54, 1.807) is 19.3 Å². The molecule has 21 heavy (non-hydrogen) atoms. The Balaban J connectivity index is 2.10. The first-order valence-corrected chi connectivity index (χ1v) is 8.77. The van der Waals surface area contributed by atoms with E-state index in [1.165, 1.54) is 4.31 Å². The van der Waals surface area contributed by atoms with Crippen LogP contribution in [-0.4, -0.2) is 50.6 Å². The number of nitrogens with zero attached hydrogens (tertiary/aromatic N) is 2. The fraction of sp³-hybridized carbons (Fsp3) is 0.714. The van der Waals surface area contributed by atoms with Gasteiger partial charge in [0, 0.05) is 45.7 Å². The van der Waals surface area contributed by atoms with E-state index in [9.17, 15) is 8.42 Å². The minimum Gasteiger partial charge on any atom is -0.377 e. The zero-order chi connectivity index (χ0) is 15.5. The molecule has 0 radical (unpaired) electrons. The van der Waals surface area contributed by atoms with Crippen molar-refractivity contribution < 1.29 is 13.2 Å². The summed E-state index contributed by atoms with van der Waals surface area (Å²) in [5, 5.41) is 3.04. The first-order chi connectivity index (χ1) is 9.95. The van der Waals surface area contributed by atoms with Gasteiger partial charge >= 0.3 is 0 Å². The standard InChI is InChI=1S/C14H25N3O3S/c1-15-9-12-8-14(11-16(12)2)21(18,19)17(3)10-13-6-4-5-7-20-13/h8,11,13,15H,4-7,9-10H2,1-3H3. The van der Waals surface area contributed by atoms with E-state index in [4.69, 9.17) is 4.74 Å². The molecule has 0 aromatic carbocycles. The van der Waals surface area contributed by atoms with Gasteiger partial charge < -0.3 is 14.6 Å². The van der Waals surface area contributed by atoms with Crippen LogP contribution < -0.4 is 5.32 Å². The second-order valence-corrected chi connectivity index (χ2v) is 7.63. The van der Waals surface area contributed by atoms with Crippen LogP contribution in [-0.2, 0) is 28.4 Å². The van der Waals surface area contributed by atoms with Gasteiger partial charge in [0.1, 0.15) is 4.90 Å². The molecule has 1 aromatic rings. The van der Waals surface area contributed by atoms with Gasteiger partial charge in [-0.1, -0.05) is 0 Å². The minimum atomic E-state index is -3.45. The molecule has 1 atom stereocenters. The highest BCUT2D eigenvalue weighted by Crippen LogP contribution is 2.20. The third-order valence-electron chi connectivity index (χ3n) is 3.88. The number of nitrogens with one attached hydrogen (secondary N) is 1. The van der Waals surface area contributed by atoms with Crippen molar-refractivity contribution in [1.29, 1.82) is 0 Å². The van der Waals surface area contributed by atoms with Crippen LogP contribution in [0.15, 0.2) is 17.2 Å². The molecule has 2 heterocycles. The molecule has 0 saturated carbocycles. The highest BCUT2D eigenvalue weighted by Gasteiger charge is 2.26. The Kier molecular flexibility index (Phi) is 5.43. The molecule has 0 amide bonds. The molecule has 0 bridgehead atoms. The van der Waals surface area contributed by atoms with E-state index in [0.717, 1.165) is 31.6 Å². The fourth-order valence-electron chi connectivity index (χ4n) is 2.59. The summed E-state index contributed by atoms with van der Waals surface area (Å²) >= 11 is 0. The molecule has 2 rings (SSSR count). The molecule has 120 valence electrons. The number of rotatable bonds is 6. The van der Waals surface area contributed by atoms with Crippen molar-refractivity contribution in [3.8, 4) is 0 Å². The topological polar surface area (TPSA) is 63.6 Å². The van der Waals surface area contributed by atoms with E-state index in [-0.39, 0.29) is 6.10 Å². The summed E-state index contributed by atoms with van der Waals surface area (Å²) < 4.78 is 34.1. The van der Waals surface area contributed by atoms with Gasteiger partial charge in [0.05, 0.1) is 6.10 Å². The normalized spacial score (nSPS) is 20.1. The van der Waals surface area contributed by atoms with Crippen molar-refractivity contribution in [2.45, 2.75) is 36.8 Å². The molecule has 0 spiro atoms. The molecule has 0 aliphatic carbocycles. The molecule has 1 N–H and O–H groups in total. The molecule has 7 heteroatoms. The summed E-state index contributed by atoms with van der Waals surface area (Å²) in [4.78, 5) is 0.341. The Morgan fingerprint density at radius 3 is 2.86 bits per heavy atom. The quantitative estimate of drug-likeness (QED) is 0.848. The minimum absolute atomic E-state index is 0.0130. The number of ether oxygens (including phenoxy) is 1. The molecular weight excluding hydrogens is 290 g/mol. The van der Waals surface area contributed by atoms with Crippen molar-refractivity contribution in [2.75, 3.05) is 27.2 Å². The van der Waals surface area contributed by atoms with Crippen molar-refractivity contribution in [2.24, 2.45) is 7.05 Å². The van der Waals surface area contributed by atoms with Gasteiger partial charge in [-0.15, -0.1) is 0 Å². The maximum Gasteiger partial charge on any atom is 0.244 e. The van der Waals surface area contributed by atoms with Crippen LogP contribution in [0, 0.1) is 0 Å². The molecular formula is C14H25N3O3S. The summed E-state index contributed by atoms with van der Waals surface area (Å²) in [5.41, 5.74) is 0.943. The number of likely N-dealkylation sites (N-methyl/N-ethyl adjacent to an activating group) is 1. The molecule has 1 aliphatic heterocycles. The maximum absolute atomic E-state index is 12.6. The lowest BCUT2D eigenvalue weighted by Crippen LogP contribution is -2.37. The molecule has 1 saturated heterocycles. The first-order valence-electron chi connectivity index (χ1n) is 7.33. The van der Waals surface area contributed by atoms with Crippen LogP contribution in [0.4, 0.5) is 0 Å². The molecule has 1 aromatic heterocycles. The van der Waals surface area contributed by atoms with Gasteiger partial charge in [0.2, 0.25) is 10.0 Å². The van der Waals surface area contributed by atoms with Gasteiger partial charge in [-0.05, 0) is 32.4 Å². The van der Waals surface area contributed by atoms with Crippen LogP contribution in [0.25, 0.3) is 0 Å². The number of hydrogen-bond acceptors (Lipinski definition) is 4. The summed E-state index contributed by atoms with van der Waals surface area (Å²) in [6.45, 7) is 1.79. The lowest BCUT2D eigenvalue weighted by Gasteiger charge is -2.26. The van der Waals surface area contributed by atoms with Crippen molar-refractivity contribution >= 4 is 10.0 Å². The van der Waals surface area contributed by atoms with Crippen LogP contribution in [0.2, 0.25) is 0 Å². The van der Waals surface area contributed by atoms with E-state index in [0.29, 0.717) is 18.0 Å². The number of aryl methyl sites for hydroxylation is 1. The van der Waals surface area contributed by atoms with Gasteiger partial charge in [0.25, 0.3) is 0 Å². The molecule has 1 fully saturated rings. The van der Waals surface area contributed by atoms with E-state index >= 15 is 0 Å². The summed E-state index contributed by atoms with van der Waals surface area (Å²) in [6, 6.07) is 1.73. The predicted molar refractivity (Wildman–Crippen MR) is 81.6 cm³/mol. The second-order valence-electron chi connectivity index (χ2n) is 5.58. The van der Waals surface area contributed by atoms with Crippen LogP contribution in [0.5, 0.6) is 0 Å². The van der Waals surface area contributed by atoms with E-state index in [1.807, 2.05) is 18.7 Å². The molecule has 1 unspecified atom stereocenters. The average molecular weight is 315 g/mol. The predicted octanol–water partition coefficient (Wildman–Crippen LogP) is 0.934. The van der Waals surface area contributed by atoms with Gasteiger partial charge in [-0.3, -0.25) is 0 Å². The third-order valence-corrected chi connectivity index (χ3v) is 5.67. The van der Waals surface area contributed by atoms with Gasteiger partial charge in [0.15, 0.2) is 0 Å².